The summed E-state index contributed by atoms with van der Waals surface area (Å²) in [7, 11) is 1.94. The molecule has 0 bridgehead atoms. The smallest absolute Gasteiger partial charge is 0.224 e. The van der Waals surface area contributed by atoms with E-state index in [4.69, 9.17) is 15.7 Å². The van der Waals surface area contributed by atoms with E-state index in [9.17, 15) is 0 Å². The number of nitrogens with two attached hydrogens (primary N) is 1. The fourth-order valence-corrected chi connectivity index (χ4v) is 4.04. The van der Waals surface area contributed by atoms with Gasteiger partial charge in [-0.15, -0.1) is 0 Å². The molecule has 0 amide bonds. The molecule has 4 aromatic rings. The Morgan fingerprint density at radius 3 is 2.44 bits per heavy atom. The monoisotopic (exact) mass is 451 g/mol. The van der Waals surface area contributed by atoms with Crippen LogP contribution in [-0.4, -0.2) is 33.0 Å². The first-order chi connectivity index (χ1) is 16.5. The van der Waals surface area contributed by atoms with Crippen molar-refractivity contribution in [2.24, 2.45) is 5.73 Å². The van der Waals surface area contributed by atoms with Crippen LogP contribution in [0.5, 0.6) is 0 Å². The van der Waals surface area contributed by atoms with Crippen molar-refractivity contribution in [3.8, 4) is 11.4 Å². The van der Waals surface area contributed by atoms with Crippen LogP contribution in [0.4, 0.5) is 17.6 Å². The molecule has 5 rings (SSSR count). The van der Waals surface area contributed by atoms with Crippen LogP contribution in [0.2, 0.25) is 0 Å². The van der Waals surface area contributed by atoms with Crippen molar-refractivity contribution in [3.05, 3.63) is 90.3 Å². The molecular formula is C27H29N7. The molecule has 7 nitrogen and oxygen atoms in total. The van der Waals surface area contributed by atoms with Gasteiger partial charge in [0.05, 0.1) is 0 Å². The van der Waals surface area contributed by atoms with Gasteiger partial charge in [0.1, 0.15) is 11.6 Å². The van der Waals surface area contributed by atoms with Crippen molar-refractivity contribution >= 4 is 17.6 Å². The molecular weight excluding hydrogens is 422 g/mol. The maximum absolute atomic E-state index is 6.38. The van der Waals surface area contributed by atoms with Gasteiger partial charge in [-0.05, 0) is 49.4 Å². The van der Waals surface area contributed by atoms with Crippen LogP contribution >= 0.6 is 0 Å². The number of nitrogens with one attached hydrogen (secondary N) is 1. The summed E-state index contributed by atoms with van der Waals surface area (Å²) in [5.41, 5.74) is 9.73. The van der Waals surface area contributed by atoms with Gasteiger partial charge in [-0.3, -0.25) is 0 Å². The number of hydrogen-bond donors (Lipinski definition) is 2. The third-order valence-electron chi connectivity index (χ3n) is 6.21. The molecule has 7 heteroatoms. The summed E-state index contributed by atoms with van der Waals surface area (Å²) in [5, 5.41) is 3.44. The van der Waals surface area contributed by atoms with Crippen molar-refractivity contribution in [3.63, 3.8) is 0 Å². The Hall–Kier alpha value is -3.84. The summed E-state index contributed by atoms with van der Waals surface area (Å²) in [5.74, 6) is 2.78. The second-order valence-electron chi connectivity index (χ2n) is 9.01. The van der Waals surface area contributed by atoms with Crippen molar-refractivity contribution in [1.82, 2.24) is 19.9 Å². The van der Waals surface area contributed by atoms with Gasteiger partial charge in [-0.25, -0.2) is 15.0 Å². The van der Waals surface area contributed by atoms with Crippen molar-refractivity contribution in [1.29, 1.82) is 0 Å². The van der Waals surface area contributed by atoms with Gasteiger partial charge in [0, 0.05) is 36.6 Å². The van der Waals surface area contributed by atoms with Crippen LogP contribution in [0.3, 0.4) is 0 Å². The third-order valence-corrected chi connectivity index (χ3v) is 6.21. The normalized spacial score (nSPS) is 14.9. The minimum absolute atomic E-state index is 0.115. The predicted octanol–water partition coefficient (Wildman–Crippen LogP) is 4.69. The van der Waals surface area contributed by atoms with E-state index in [2.05, 4.69) is 46.5 Å². The molecule has 3 N–H and O–H groups in total. The van der Waals surface area contributed by atoms with Crippen LogP contribution in [-0.2, 0) is 12.0 Å². The molecule has 0 saturated heterocycles. The van der Waals surface area contributed by atoms with Gasteiger partial charge in [0.25, 0.3) is 0 Å². The Bertz CT molecular complexity index is 1270. The number of nitrogens with zero attached hydrogens (tertiary/aromatic N) is 5. The summed E-state index contributed by atoms with van der Waals surface area (Å²) in [4.78, 5) is 20.2. The van der Waals surface area contributed by atoms with E-state index in [1.807, 2.05) is 54.4 Å². The molecule has 1 saturated carbocycles. The van der Waals surface area contributed by atoms with Crippen molar-refractivity contribution in [2.75, 3.05) is 17.3 Å². The number of rotatable bonds is 8. The third kappa shape index (κ3) is 4.89. The molecule has 1 aliphatic carbocycles. The maximum Gasteiger partial charge on any atom is 0.224 e. The van der Waals surface area contributed by atoms with Crippen molar-refractivity contribution < 1.29 is 0 Å². The zero-order valence-corrected chi connectivity index (χ0v) is 19.5. The van der Waals surface area contributed by atoms with Gasteiger partial charge in [-0.1, -0.05) is 54.6 Å². The topological polar surface area (TPSA) is 92.8 Å². The van der Waals surface area contributed by atoms with E-state index >= 15 is 0 Å². The summed E-state index contributed by atoms with van der Waals surface area (Å²) in [6.07, 6.45) is 6.53. The van der Waals surface area contributed by atoms with Crippen LogP contribution in [0.25, 0.3) is 11.4 Å². The Morgan fingerprint density at radius 2 is 1.68 bits per heavy atom. The standard InChI is InChI=1S/C27H29N7/c1-19(17-20-7-6-10-22(18-20)27(28)13-14-27)31-26-30-16-12-24(33-26)34(2)23-11-15-29-25(32-23)21-8-4-3-5-9-21/h3-12,15-16,18-19H,13-14,17,28H2,1-2H3,(H,30,31,33)/t19-/m0/s1. The second kappa shape index (κ2) is 9.19. The molecule has 2 heterocycles. The molecule has 0 radical (unpaired) electrons. The lowest BCUT2D eigenvalue weighted by atomic mass is 9.99. The highest BCUT2D eigenvalue weighted by atomic mass is 15.3. The fraction of sp³-hybridized carbons (Fsp3) is 0.259. The Balaban J connectivity index is 1.28. The lowest BCUT2D eigenvalue weighted by Gasteiger charge is -2.19. The van der Waals surface area contributed by atoms with Crippen LogP contribution in [0, 0.1) is 0 Å². The van der Waals surface area contributed by atoms with Crippen molar-refractivity contribution in [2.45, 2.75) is 37.8 Å². The van der Waals surface area contributed by atoms with E-state index in [1.165, 1.54) is 11.1 Å². The SMILES string of the molecule is C[C@@H](Cc1cccc(C2(N)CC2)c1)Nc1nccc(N(C)c2ccnc(-c3ccccc3)n2)n1. The van der Waals surface area contributed by atoms with Gasteiger partial charge in [-0.2, -0.15) is 4.98 Å². The summed E-state index contributed by atoms with van der Waals surface area (Å²) < 4.78 is 0. The molecule has 0 spiro atoms. The van der Waals surface area contributed by atoms with E-state index in [1.54, 1.807) is 12.4 Å². The maximum atomic E-state index is 6.38. The van der Waals surface area contributed by atoms with Gasteiger partial charge >= 0.3 is 0 Å². The molecule has 0 aliphatic heterocycles. The number of benzene rings is 2. The molecule has 34 heavy (non-hydrogen) atoms. The van der Waals surface area contributed by atoms with E-state index in [0.29, 0.717) is 11.8 Å². The molecule has 1 fully saturated rings. The first kappa shape index (κ1) is 22.0. The predicted molar refractivity (Wildman–Crippen MR) is 136 cm³/mol. The molecule has 0 unspecified atom stereocenters. The zero-order chi connectivity index (χ0) is 23.5. The summed E-state index contributed by atoms with van der Waals surface area (Å²) in [6, 6.07) is 22.5. The minimum Gasteiger partial charge on any atom is -0.351 e. The summed E-state index contributed by atoms with van der Waals surface area (Å²) >= 11 is 0. The van der Waals surface area contributed by atoms with Crippen LogP contribution in [0.15, 0.2) is 79.1 Å². The van der Waals surface area contributed by atoms with Gasteiger partial charge in [0.15, 0.2) is 5.82 Å². The Kier molecular flexibility index (Phi) is 5.94. The van der Waals surface area contributed by atoms with E-state index in [0.717, 1.165) is 36.5 Å². The second-order valence-corrected chi connectivity index (χ2v) is 9.01. The molecule has 1 atom stereocenters. The first-order valence-electron chi connectivity index (χ1n) is 11.6. The Morgan fingerprint density at radius 1 is 0.941 bits per heavy atom. The molecule has 2 aromatic carbocycles. The van der Waals surface area contributed by atoms with E-state index in [-0.39, 0.29) is 11.6 Å². The zero-order valence-electron chi connectivity index (χ0n) is 19.5. The highest BCUT2D eigenvalue weighted by molar-refractivity contribution is 5.61. The lowest BCUT2D eigenvalue weighted by molar-refractivity contribution is 0.731. The van der Waals surface area contributed by atoms with Crippen LogP contribution < -0.4 is 16.0 Å². The largest absolute Gasteiger partial charge is 0.351 e. The number of hydrogen-bond acceptors (Lipinski definition) is 7. The van der Waals surface area contributed by atoms with E-state index < -0.39 is 0 Å². The highest BCUT2D eigenvalue weighted by Crippen LogP contribution is 2.42. The average Bonchev–Trinajstić information content (AvgIpc) is 3.63. The number of anilines is 3. The Labute approximate surface area is 200 Å². The molecule has 1 aliphatic rings. The van der Waals surface area contributed by atoms with Gasteiger partial charge < -0.3 is 16.0 Å². The van der Waals surface area contributed by atoms with Gasteiger partial charge in [0.2, 0.25) is 5.95 Å². The first-order valence-corrected chi connectivity index (χ1v) is 11.6. The fourth-order valence-electron chi connectivity index (χ4n) is 4.04. The summed E-state index contributed by atoms with van der Waals surface area (Å²) in [6.45, 7) is 2.14. The minimum atomic E-state index is -0.115. The highest BCUT2D eigenvalue weighted by Gasteiger charge is 2.39. The molecule has 2 aromatic heterocycles. The number of aromatic nitrogens is 4. The average molecular weight is 452 g/mol. The van der Waals surface area contributed by atoms with Crippen LogP contribution in [0.1, 0.15) is 30.9 Å². The lowest BCUT2D eigenvalue weighted by Crippen LogP contribution is -2.22. The molecule has 172 valence electrons. The quantitative estimate of drug-likeness (QED) is 0.401.